The van der Waals surface area contributed by atoms with Crippen LogP contribution in [0.25, 0.3) is 0 Å². The van der Waals surface area contributed by atoms with Gasteiger partial charge in [-0.3, -0.25) is 4.79 Å². The molecule has 1 aliphatic heterocycles. The Morgan fingerprint density at radius 3 is 2.82 bits per heavy atom. The minimum atomic E-state index is -0.0834. The predicted octanol–water partition coefficient (Wildman–Crippen LogP) is 1.98. The number of fused-ring (bicyclic) bond motifs is 1. The molecule has 4 nitrogen and oxygen atoms in total. The normalized spacial score (nSPS) is 17.6. The lowest BCUT2D eigenvalue weighted by Gasteiger charge is -2.09. The van der Waals surface area contributed by atoms with E-state index >= 15 is 0 Å². The molecular weight excluding hydrogens is 238 g/mol. The van der Waals surface area contributed by atoms with Gasteiger partial charge in [0, 0.05) is 17.5 Å². The summed E-state index contributed by atoms with van der Waals surface area (Å²) in [7, 11) is 0. The molecule has 0 fully saturated rings. The van der Waals surface area contributed by atoms with E-state index in [9.17, 15) is 4.79 Å². The van der Waals surface area contributed by atoms with Gasteiger partial charge in [0.05, 0.1) is 11.9 Å². The smallest absolute Gasteiger partial charge is 0.256 e. The molecular formula is C12H10ClN3O. The third-order valence-electron chi connectivity index (χ3n) is 2.98. The number of anilines is 1. The van der Waals surface area contributed by atoms with E-state index in [0.717, 1.165) is 5.56 Å². The number of aromatic amines is 1. The Morgan fingerprint density at radius 2 is 2.06 bits per heavy atom. The first-order valence-corrected chi connectivity index (χ1v) is 5.70. The molecule has 1 aliphatic rings. The van der Waals surface area contributed by atoms with Crippen LogP contribution in [-0.4, -0.2) is 16.5 Å². The quantitative estimate of drug-likeness (QED) is 0.810. The van der Waals surface area contributed by atoms with Crippen molar-refractivity contribution in [2.45, 2.75) is 5.92 Å². The lowest BCUT2D eigenvalue weighted by molar-refractivity contribution is 0.887. The topological polar surface area (TPSA) is 57.8 Å². The van der Waals surface area contributed by atoms with Crippen LogP contribution in [0.1, 0.15) is 17.0 Å². The second kappa shape index (κ2) is 3.89. The van der Waals surface area contributed by atoms with Gasteiger partial charge < -0.3 is 10.3 Å². The maximum Gasteiger partial charge on any atom is 0.256 e. The molecule has 0 radical (unpaired) electrons. The van der Waals surface area contributed by atoms with Gasteiger partial charge in [0.1, 0.15) is 5.82 Å². The first-order chi connectivity index (χ1) is 8.25. The van der Waals surface area contributed by atoms with Crippen molar-refractivity contribution in [3.63, 3.8) is 0 Å². The first kappa shape index (κ1) is 10.4. The molecule has 0 saturated carbocycles. The summed E-state index contributed by atoms with van der Waals surface area (Å²) >= 11 is 5.85. The van der Waals surface area contributed by atoms with E-state index in [2.05, 4.69) is 15.3 Å². The van der Waals surface area contributed by atoms with Crippen molar-refractivity contribution in [1.29, 1.82) is 0 Å². The Labute approximate surface area is 103 Å². The highest BCUT2D eigenvalue weighted by Crippen LogP contribution is 2.32. The number of aromatic nitrogens is 2. The number of rotatable bonds is 1. The van der Waals surface area contributed by atoms with Crippen LogP contribution in [0.4, 0.5) is 5.82 Å². The third-order valence-corrected chi connectivity index (χ3v) is 3.24. The van der Waals surface area contributed by atoms with Crippen molar-refractivity contribution in [3.8, 4) is 0 Å². The number of hydrogen-bond donors (Lipinski definition) is 2. The van der Waals surface area contributed by atoms with Gasteiger partial charge in [-0.2, -0.15) is 0 Å². The molecule has 17 heavy (non-hydrogen) atoms. The summed E-state index contributed by atoms with van der Waals surface area (Å²) in [6, 6.07) is 7.55. The monoisotopic (exact) mass is 247 g/mol. The van der Waals surface area contributed by atoms with Crippen LogP contribution in [0.3, 0.4) is 0 Å². The molecule has 2 N–H and O–H groups in total. The molecule has 0 bridgehead atoms. The summed E-state index contributed by atoms with van der Waals surface area (Å²) in [5.74, 6) is 0.716. The zero-order valence-electron chi connectivity index (χ0n) is 8.90. The van der Waals surface area contributed by atoms with Crippen LogP contribution < -0.4 is 10.9 Å². The Balaban J connectivity index is 2.09. The van der Waals surface area contributed by atoms with Gasteiger partial charge >= 0.3 is 0 Å². The van der Waals surface area contributed by atoms with E-state index in [1.807, 2.05) is 24.3 Å². The highest BCUT2D eigenvalue weighted by molar-refractivity contribution is 6.30. The van der Waals surface area contributed by atoms with Crippen molar-refractivity contribution in [2.24, 2.45) is 0 Å². The van der Waals surface area contributed by atoms with Crippen LogP contribution in [0.15, 0.2) is 35.4 Å². The first-order valence-electron chi connectivity index (χ1n) is 5.32. The fourth-order valence-corrected chi connectivity index (χ4v) is 2.28. The molecule has 0 aliphatic carbocycles. The highest BCUT2D eigenvalue weighted by Gasteiger charge is 2.27. The largest absolute Gasteiger partial charge is 0.369 e. The average Bonchev–Trinajstić information content (AvgIpc) is 2.75. The van der Waals surface area contributed by atoms with Crippen molar-refractivity contribution in [3.05, 3.63) is 57.1 Å². The zero-order chi connectivity index (χ0) is 11.8. The van der Waals surface area contributed by atoms with Gasteiger partial charge in [-0.15, -0.1) is 0 Å². The number of nitrogens with zero attached hydrogens (tertiary/aromatic N) is 1. The van der Waals surface area contributed by atoms with Gasteiger partial charge in [0.25, 0.3) is 5.56 Å². The Morgan fingerprint density at radius 1 is 1.29 bits per heavy atom. The lowest BCUT2D eigenvalue weighted by atomic mass is 9.95. The standard InChI is InChI=1S/C12H10ClN3O/c13-8-3-1-7(2-4-8)9-5-14-11-10(9)12(17)16-6-15-11/h1-4,6,9H,5H2,(H2,14,15,16,17)/t9-/m1/s1. The Bertz CT molecular complexity index is 606. The fourth-order valence-electron chi connectivity index (χ4n) is 2.15. The van der Waals surface area contributed by atoms with Crippen molar-refractivity contribution in [2.75, 3.05) is 11.9 Å². The molecule has 0 spiro atoms. The van der Waals surface area contributed by atoms with Gasteiger partial charge in [-0.25, -0.2) is 4.98 Å². The van der Waals surface area contributed by atoms with Crippen LogP contribution in [-0.2, 0) is 0 Å². The molecule has 3 rings (SSSR count). The molecule has 1 aromatic carbocycles. The molecule has 86 valence electrons. The van der Waals surface area contributed by atoms with E-state index in [1.54, 1.807) is 0 Å². The Hall–Kier alpha value is -1.81. The minimum absolute atomic E-state index is 0.0414. The predicted molar refractivity (Wildman–Crippen MR) is 66.6 cm³/mol. The summed E-state index contributed by atoms with van der Waals surface area (Å²) in [5, 5.41) is 3.83. The number of nitrogens with one attached hydrogen (secondary N) is 2. The van der Waals surface area contributed by atoms with Crippen LogP contribution in [0.5, 0.6) is 0 Å². The number of hydrogen-bond acceptors (Lipinski definition) is 3. The van der Waals surface area contributed by atoms with Crippen LogP contribution in [0.2, 0.25) is 5.02 Å². The molecule has 2 aromatic rings. The van der Waals surface area contributed by atoms with Crippen molar-refractivity contribution in [1.82, 2.24) is 9.97 Å². The molecule has 2 heterocycles. The summed E-state index contributed by atoms with van der Waals surface area (Å²) in [4.78, 5) is 18.5. The maximum atomic E-state index is 11.8. The van der Waals surface area contributed by atoms with Gasteiger partial charge in [0.15, 0.2) is 0 Å². The zero-order valence-corrected chi connectivity index (χ0v) is 9.66. The molecule has 1 atom stereocenters. The van der Waals surface area contributed by atoms with E-state index in [4.69, 9.17) is 11.6 Å². The van der Waals surface area contributed by atoms with Crippen LogP contribution >= 0.6 is 11.6 Å². The summed E-state index contributed by atoms with van der Waals surface area (Å²) in [5.41, 5.74) is 1.69. The van der Waals surface area contributed by atoms with E-state index in [-0.39, 0.29) is 11.5 Å². The van der Waals surface area contributed by atoms with Gasteiger partial charge in [-0.1, -0.05) is 23.7 Å². The number of halogens is 1. The van der Waals surface area contributed by atoms with Crippen LogP contribution in [0, 0.1) is 0 Å². The second-order valence-corrected chi connectivity index (χ2v) is 4.42. The number of benzene rings is 1. The summed E-state index contributed by atoms with van der Waals surface area (Å²) < 4.78 is 0. The van der Waals surface area contributed by atoms with E-state index in [0.29, 0.717) is 22.9 Å². The van der Waals surface area contributed by atoms with Gasteiger partial charge in [0.2, 0.25) is 0 Å². The van der Waals surface area contributed by atoms with Gasteiger partial charge in [-0.05, 0) is 17.7 Å². The third kappa shape index (κ3) is 1.70. The lowest BCUT2D eigenvalue weighted by Crippen LogP contribution is -2.15. The molecule has 0 saturated heterocycles. The SMILES string of the molecule is O=c1[nH]cnc2c1[C@@H](c1ccc(Cl)cc1)CN2. The van der Waals surface area contributed by atoms with Crippen molar-refractivity contribution >= 4 is 17.4 Å². The molecule has 5 heteroatoms. The average molecular weight is 248 g/mol. The summed E-state index contributed by atoms with van der Waals surface area (Å²) in [6.07, 6.45) is 1.42. The van der Waals surface area contributed by atoms with E-state index in [1.165, 1.54) is 6.33 Å². The molecule has 1 aromatic heterocycles. The van der Waals surface area contributed by atoms with Crippen molar-refractivity contribution < 1.29 is 0 Å². The number of H-pyrrole nitrogens is 1. The minimum Gasteiger partial charge on any atom is -0.369 e. The highest BCUT2D eigenvalue weighted by atomic mass is 35.5. The fraction of sp³-hybridized carbons (Fsp3) is 0.167. The molecule has 0 unspecified atom stereocenters. The second-order valence-electron chi connectivity index (χ2n) is 3.98. The molecule has 0 amide bonds. The maximum absolute atomic E-state index is 11.8. The summed E-state index contributed by atoms with van der Waals surface area (Å²) in [6.45, 7) is 0.692. The Kier molecular flexibility index (Phi) is 2.37. The van der Waals surface area contributed by atoms with E-state index < -0.39 is 0 Å².